The Hall–Kier alpha value is -1.62. The van der Waals surface area contributed by atoms with Crippen LogP contribution in [-0.4, -0.2) is 74.8 Å². The van der Waals surface area contributed by atoms with Gasteiger partial charge in [0.05, 0.1) is 19.3 Å². The van der Waals surface area contributed by atoms with Gasteiger partial charge >= 0.3 is 0 Å². The summed E-state index contributed by atoms with van der Waals surface area (Å²) in [6, 6.07) is 15.5. The first-order valence-electron chi connectivity index (χ1n) is 11.8. The van der Waals surface area contributed by atoms with Gasteiger partial charge in [-0.2, -0.15) is 0 Å². The number of aryl methyl sites for hydroxylation is 1. The zero-order chi connectivity index (χ0) is 22.2. The predicted molar refractivity (Wildman–Crippen MR) is 143 cm³/mol. The van der Waals surface area contributed by atoms with Crippen molar-refractivity contribution in [1.29, 1.82) is 0 Å². The molecule has 0 aliphatic carbocycles. The molecule has 1 aromatic heterocycles. The summed E-state index contributed by atoms with van der Waals surface area (Å²) in [5.74, 6) is 2.82. The van der Waals surface area contributed by atoms with Gasteiger partial charge in [-0.05, 0) is 37.5 Å². The Kier molecular flexibility index (Phi) is 10.5. The summed E-state index contributed by atoms with van der Waals surface area (Å²) >= 11 is 0. The zero-order valence-electron chi connectivity index (χ0n) is 19.8. The highest BCUT2D eigenvalue weighted by atomic mass is 127. The molecule has 2 N–H and O–H groups in total. The quantitative estimate of drug-likeness (QED) is 0.304. The largest absolute Gasteiger partial charge is 0.465 e. The molecule has 3 heterocycles. The van der Waals surface area contributed by atoms with E-state index in [1.807, 2.05) is 20.0 Å². The van der Waals surface area contributed by atoms with Crippen molar-refractivity contribution in [2.45, 2.75) is 38.4 Å². The van der Waals surface area contributed by atoms with Crippen LogP contribution in [-0.2, 0) is 11.3 Å². The number of morpholine rings is 1. The first-order chi connectivity index (χ1) is 15.7. The van der Waals surface area contributed by atoms with Crippen LogP contribution in [0, 0.1) is 6.92 Å². The number of piperidine rings is 1. The Morgan fingerprint density at radius 3 is 2.42 bits per heavy atom. The lowest BCUT2D eigenvalue weighted by Gasteiger charge is -2.35. The Labute approximate surface area is 215 Å². The molecule has 2 aromatic rings. The van der Waals surface area contributed by atoms with Crippen molar-refractivity contribution in [1.82, 2.24) is 20.4 Å². The summed E-state index contributed by atoms with van der Waals surface area (Å²) < 4.78 is 11.5. The lowest BCUT2D eigenvalue weighted by atomic mass is 10.0. The van der Waals surface area contributed by atoms with Gasteiger partial charge in [0.1, 0.15) is 11.5 Å². The van der Waals surface area contributed by atoms with Gasteiger partial charge in [-0.1, -0.05) is 30.3 Å². The fourth-order valence-electron chi connectivity index (χ4n) is 4.59. The number of ether oxygens (including phenoxy) is 1. The van der Waals surface area contributed by atoms with Gasteiger partial charge in [0.25, 0.3) is 0 Å². The van der Waals surface area contributed by atoms with Crippen LogP contribution >= 0.6 is 24.0 Å². The number of halogens is 1. The van der Waals surface area contributed by atoms with Gasteiger partial charge in [0.15, 0.2) is 5.96 Å². The van der Waals surface area contributed by atoms with Crippen LogP contribution in [0.5, 0.6) is 0 Å². The monoisotopic (exact) mass is 567 g/mol. The molecule has 1 unspecified atom stereocenters. The molecule has 4 rings (SSSR count). The van der Waals surface area contributed by atoms with Crippen molar-refractivity contribution in [2.75, 3.05) is 53.0 Å². The van der Waals surface area contributed by atoms with E-state index >= 15 is 0 Å². The van der Waals surface area contributed by atoms with Crippen LogP contribution in [0.4, 0.5) is 0 Å². The van der Waals surface area contributed by atoms with Crippen LogP contribution in [0.1, 0.15) is 36.0 Å². The third-order valence-corrected chi connectivity index (χ3v) is 6.44. The predicted octanol–water partition coefficient (Wildman–Crippen LogP) is 3.41. The molecule has 2 aliphatic heterocycles. The highest BCUT2D eigenvalue weighted by Gasteiger charge is 2.26. The minimum atomic E-state index is 0. The van der Waals surface area contributed by atoms with Crippen LogP contribution in [0.15, 0.2) is 51.9 Å². The molecule has 0 saturated carbocycles. The highest BCUT2D eigenvalue weighted by molar-refractivity contribution is 14.0. The van der Waals surface area contributed by atoms with Crippen molar-refractivity contribution in [3.63, 3.8) is 0 Å². The second kappa shape index (κ2) is 13.3. The molecule has 2 fully saturated rings. The van der Waals surface area contributed by atoms with Crippen LogP contribution < -0.4 is 10.6 Å². The summed E-state index contributed by atoms with van der Waals surface area (Å²) in [5, 5.41) is 7.20. The lowest BCUT2D eigenvalue weighted by Crippen LogP contribution is -2.50. The number of hydrogen-bond donors (Lipinski definition) is 2. The molecule has 33 heavy (non-hydrogen) atoms. The van der Waals surface area contributed by atoms with E-state index in [1.165, 1.54) is 5.56 Å². The summed E-state index contributed by atoms with van der Waals surface area (Å²) in [7, 11) is 1.85. The molecule has 0 spiro atoms. The third-order valence-electron chi connectivity index (χ3n) is 6.44. The Bertz CT molecular complexity index is 845. The number of furan rings is 1. The van der Waals surface area contributed by atoms with E-state index in [2.05, 4.69) is 61.8 Å². The molecule has 1 atom stereocenters. The fourth-order valence-corrected chi connectivity index (χ4v) is 4.59. The minimum Gasteiger partial charge on any atom is -0.465 e. The van der Waals surface area contributed by atoms with E-state index < -0.39 is 0 Å². The summed E-state index contributed by atoms with van der Waals surface area (Å²) in [5.41, 5.74) is 1.39. The van der Waals surface area contributed by atoms with E-state index in [9.17, 15) is 0 Å². The van der Waals surface area contributed by atoms with E-state index in [-0.39, 0.29) is 30.0 Å². The second-order valence-corrected chi connectivity index (χ2v) is 8.75. The van der Waals surface area contributed by atoms with Crippen LogP contribution in [0.2, 0.25) is 0 Å². The fraction of sp³-hybridized carbons (Fsp3) is 0.560. The van der Waals surface area contributed by atoms with Crippen molar-refractivity contribution < 1.29 is 9.15 Å². The van der Waals surface area contributed by atoms with Gasteiger partial charge in [0, 0.05) is 52.4 Å². The first-order valence-corrected chi connectivity index (χ1v) is 11.8. The van der Waals surface area contributed by atoms with E-state index in [1.54, 1.807) is 0 Å². The molecule has 1 aromatic carbocycles. The number of benzene rings is 1. The maximum atomic E-state index is 5.99. The van der Waals surface area contributed by atoms with E-state index in [0.29, 0.717) is 6.04 Å². The van der Waals surface area contributed by atoms with Crippen molar-refractivity contribution >= 4 is 29.9 Å². The number of nitrogens with zero attached hydrogens (tertiary/aromatic N) is 3. The van der Waals surface area contributed by atoms with Crippen molar-refractivity contribution in [3.05, 3.63) is 59.5 Å². The van der Waals surface area contributed by atoms with E-state index in [0.717, 1.165) is 82.8 Å². The molecule has 2 saturated heterocycles. The maximum Gasteiger partial charge on any atom is 0.191 e. The standard InChI is InChI=1S/C25H37N5O2.HI/c1-20-8-9-24(32-20)23(30-14-16-31-17-15-30)18-27-25(26-2)28-22-10-12-29(13-11-22)19-21-6-4-3-5-7-21;/h3-9,22-23H,10-19H2,1-2H3,(H2,26,27,28);1H. The molecule has 2 aliphatic rings. The summed E-state index contributed by atoms with van der Waals surface area (Å²) in [4.78, 5) is 9.47. The maximum absolute atomic E-state index is 5.99. The van der Waals surface area contributed by atoms with Gasteiger partial charge in [-0.3, -0.25) is 14.8 Å². The number of likely N-dealkylation sites (tertiary alicyclic amines) is 1. The average Bonchev–Trinajstić information content (AvgIpc) is 3.27. The molecular weight excluding hydrogens is 529 g/mol. The number of rotatable bonds is 7. The highest BCUT2D eigenvalue weighted by Crippen LogP contribution is 2.23. The third kappa shape index (κ3) is 7.70. The van der Waals surface area contributed by atoms with Crippen LogP contribution in [0.25, 0.3) is 0 Å². The molecular formula is C25H38IN5O2. The topological polar surface area (TPSA) is 65.3 Å². The normalized spacial score (nSPS) is 19.6. The Morgan fingerprint density at radius 1 is 1.06 bits per heavy atom. The van der Waals surface area contributed by atoms with Crippen LogP contribution in [0.3, 0.4) is 0 Å². The number of nitrogens with one attached hydrogen (secondary N) is 2. The zero-order valence-corrected chi connectivity index (χ0v) is 22.2. The van der Waals surface area contributed by atoms with Gasteiger partial charge in [-0.15, -0.1) is 24.0 Å². The SMILES string of the molecule is CN=C(NCC(c1ccc(C)o1)N1CCOCC1)NC1CCN(Cc2ccccc2)CC1.I. The van der Waals surface area contributed by atoms with Crippen molar-refractivity contribution in [2.24, 2.45) is 4.99 Å². The summed E-state index contributed by atoms with van der Waals surface area (Å²) in [6.45, 7) is 9.35. The van der Waals surface area contributed by atoms with Gasteiger partial charge in [0.2, 0.25) is 0 Å². The molecule has 182 valence electrons. The number of hydrogen-bond acceptors (Lipinski definition) is 5. The molecule has 7 nitrogen and oxygen atoms in total. The molecule has 0 radical (unpaired) electrons. The first kappa shape index (κ1) is 26.0. The molecule has 0 amide bonds. The Balaban J connectivity index is 0.00000306. The van der Waals surface area contributed by atoms with Gasteiger partial charge in [-0.25, -0.2) is 0 Å². The second-order valence-electron chi connectivity index (χ2n) is 8.75. The Morgan fingerprint density at radius 2 is 1.79 bits per heavy atom. The van der Waals surface area contributed by atoms with Crippen molar-refractivity contribution in [3.8, 4) is 0 Å². The lowest BCUT2D eigenvalue weighted by molar-refractivity contribution is 0.0124. The van der Waals surface area contributed by atoms with E-state index in [4.69, 9.17) is 9.15 Å². The number of aliphatic imine (C=N–C) groups is 1. The average molecular weight is 568 g/mol. The number of guanidine groups is 1. The summed E-state index contributed by atoms with van der Waals surface area (Å²) in [6.07, 6.45) is 2.25. The smallest absolute Gasteiger partial charge is 0.191 e. The van der Waals surface area contributed by atoms with Gasteiger partial charge < -0.3 is 19.8 Å². The minimum absolute atomic E-state index is 0. The molecule has 8 heteroatoms. The molecule has 0 bridgehead atoms.